The van der Waals surface area contributed by atoms with Gasteiger partial charge < -0.3 is 15.0 Å². The number of carbonyl (C=O) groups is 1. The number of H-pyrrole nitrogens is 1. The van der Waals surface area contributed by atoms with E-state index in [1.54, 1.807) is 23.4 Å². The van der Waals surface area contributed by atoms with Crippen molar-refractivity contribution in [3.63, 3.8) is 0 Å². The van der Waals surface area contributed by atoms with Crippen LogP contribution < -0.4 is 5.32 Å². The third-order valence-corrected chi connectivity index (χ3v) is 7.10. The SMILES string of the molecule is C[C@@H]1Cc2c(ccc3[nH]ncc23)C(c2ccc(NC3CCN(C(=O)OC(C)(C)C)C3)cn2)N1CC(F)(F)F. The first-order chi connectivity index (χ1) is 17.9. The molecule has 5 rings (SSSR count). The minimum absolute atomic E-state index is 0.0294. The Morgan fingerprint density at radius 1 is 1.18 bits per heavy atom. The summed E-state index contributed by atoms with van der Waals surface area (Å²) in [5.74, 6) is 0. The summed E-state index contributed by atoms with van der Waals surface area (Å²) in [6, 6.07) is 6.43. The molecule has 3 atom stereocenters. The summed E-state index contributed by atoms with van der Waals surface area (Å²) >= 11 is 0. The zero-order valence-corrected chi connectivity index (χ0v) is 22.0. The van der Waals surface area contributed by atoms with Crippen LogP contribution in [0.25, 0.3) is 10.9 Å². The van der Waals surface area contributed by atoms with Crippen molar-refractivity contribution >= 4 is 22.7 Å². The molecule has 1 saturated heterocycles. The number of carbonyl (C=O) groups excluding carboxylic acids is 1. The summed E-state index contributed by atoms with van der Waals surface area (Å²) < 4.78 is 46.3. The van der Waals surface area contributed by atoms with Gasteiger partial charge in [0.15, 0.2) is 0 Å². The van der Waals surface area contributed by atoms with Gasteiger partial charge in [-0.15, -0.1) is 0 Å². The predicted molar refractivity (Wildman–Crippen MR) is 138 cm³/mol. The Hall–Kier alpha value is -3.34. The summed E-state index contributed by atoms with van der Waals surface area (Å²) in [6.07, 6.45) is -0.0276. The van der Waals surface area contributed by atoms with Gasteiger partial charge in [0.05, 0.1) is 41.9 Å². The van der Waals surface area contributed by atoms with Gasteiger partial charge in [-0.3, -0.25) is 15.0 Å². The number of nitrogens with one attached hydrogen (secondary N) is 2. The van der Waals surface area contributed by atoms with E-state index in [2.05, 4.69) is 20.5 Å². The van der Waals surface area contributed by atoms with Crippen LogP contribution in [-0.4, -0.2) is 74.6 Å². The van der Waals surface area contributed by atoms with Crippen LogP contribution in [-0.2, 0) is 11.2 Å². The van der Waals surface area contributed by atoms with Gasteiger partial charge in [-0.1, -0.05) is 6.07 Å². The number of fused-ring (bicyclic) bond motifs is 3. The molecule has 204 valence electrons. The Labute approximate surface area is 219 Å². The smallest absolute Gasteiger partial charge is 0.410 e. The van der Waals surface area contributed by atoms with Crippen LogP contribution in [0.3, 0.4) is 0 Å². The molecule has 11 heteroatoms. The van der Waals surface area contributed by atoms with Gasteiger partial charge >= 0.3 is 12.3 Å². The van der Waals surface area contributed by atoms with Gasteiger partial charge in [0.1, 0.15) is 5.60 Å². The fourth-order valence-corrected chi connectivity index (χ4v) is 5.46. The van der Waals surface area contributed by atoms with Crippen LogP contribution >= 0.6 is 0 Å². The maximum Gasteiger partial charge on any atom is 0.410 e. The molecule has 0 radical (unpaired) electrons. The molecule has 1 fully saturated rings. The molecule has 1 aromatic carbocycles. The Kier molecular flexibility index (Phi) is 6.75. The number of hydrogen-bond acceptors (Lipinski definition) is 6. The van der Waals surface area contributed by atoms with E-state index in [9.17, 15) is 18.0 Å². The van der Waals surface area contributed by atoms with E-state index in [1.165, 1.54) is 4.90 Å². The Morgan fingerprint density at radius 3 is 2.66 bits per heavy atom. The molecule has 0 aliphatic carbocycles. The second-order valence-electron chi connectivity index (χ2n) is 11.2. The van der Waals surface area contributed by atoms with Gasteiger partial charge in [-0.05, 0) is 69.9 Å². The summed E-state index contributed by atoms with van der Waals surface area (Å²) in [4.78, 5) is 20.2. The van der Waals surface area contributed by atoms with Crippen molar-refractivity contribution in [3.05, 3.63) is 53.5 Å². The van der Waals surface area contributed by atoms with Crippen LogP contribution in [0.5, 0.6) is 0 Å². The molecule has 2 aliphatic rings. The van der Waals surface area contributed by atoms with Crippen LogP contribution in [0.15, 0.2) is 36.7 Å². The number of aromatic amines is 1. The van der Waals surface area contributed by atoms with Crippen molar-refractivity contribution in [3.8, 4) is 0 Å². The van der Waals surface area contributed by atoms with Crippen LogP contribution in [0.2, 0.25) is 0 Å². The zero-order valence-electron chi connectivity index (χ0n) is 22.0. The van der Waals surface area contributed by atoms with Crippen molar-refractivity contribution in [1.82, 2.24) is 25.0 Å². The number of ether oxygens (including phenoxy) is 1. The number of aromatic nitrogens is 3. The molecule has 0 spiro atoms. The van der Waals surface area contributed by atoms with Gasteiger partial charge in [0.2, 0.25) is 0 Å². The Morgan fingerprint density at radius 2 is 1.97 bits per heavy atom. The summed E-state index contributed by atoms with van der Waals surface area (Å²) in [5.41, 5.74) is 3.44. The molecule has 8 nitrogen and oxygen atoms in total. The fraction of sp³-hybridized carbons (Fsp3) is 0.519. The largest absolute Gasteiger partial charge is 0.444 e. The number of halogens is 3. The molecule has 2 aromatic heterocycles. The first-order valence-electron chi connectivity index (χ1n) is 12.9. The van der Waals surface area contributed by atoms with Crippen molar-refractivity contribution in [2.45, 2.75) is 70.4 Å². The number of amides is 1. The maximum atomic E-state index is 13.6. The lowest BCUT2D eigenvalue weighted by Gasteiger charge is -2.42. The third-order valence-electron chi connectivity index (χ3n) is 7.10. The second kappa shape index (κ2) is 9.76. The van der Waals surface area contributed by atoms with Crippen LogP contribution in [0.4, 0.5) is 23.7 Å². The summed E-state index contributed by atoms with van der Waals surface area (Å²) in [7, 11) is 0. The van der Waals surface area contributed by atoms with Crippen LogP contribution in [0, 0.1) is 0 Å². The van der Waals surface area contributed by atoms with Crippen LogP contribution in [0.1, 0.15) is 57.0 Å². The molecule has 2 unspecified atom stereocenters. The Bertz CT molecular complexity index is 1300. The van der Waals surface area contributed by atoms with Crippen molar-refractivity contribution in [2.24, 2.45) is 0 Å². The van der Waals surface area contributed by atoms with E-state index in [0.29, 0.717) is 25.2 Å². The second-order valence-corrected chi connectivity index (χ2v) is 11.2. The number of hydrogen-bond donors (Lipinski definition) is 2. The first kappa shape index (κ1) is 26.3. The fourth-order valence-electron chi connectivity index (χ4n) is 5.46. The standard InChI is InChI=1S/C27H33F3N6O2/c1-16-11-20-19(6-8-22-21(20)13-32-34-22)24(36(16)15-27(28,29)30)23-7-5-17(12-31-23)33-18-9-10-35(14-18)25(37)38-26(2,3)4/h5-8,12-13,16,18,24,33H,9-11,14-15H2,1-4H3,(H,32,34)/t16-,18?,24?/m1/s1. The quantitative estimate of drug-likeness (QED) is 0.478. The lowest BCUT2D eigenvalue weighted by Crippen LogP contribution is -2.47. The van der Waals surface area contributed by atoms with E-state index in [1.807, 2.05) is 45.9 Å². The van der Waals surface area contributed by atoms with Gasteiger partial charge in [0, 0.05) is 30.6 Å². The van der Waals surface area contributed by atoms with E-state index in [4.69, 9.17) is 4.74 Å². The highest BCUT2D eigenvalue weighted by Gasteiger charge is 2.41. The molecular formula is C27H33F3N6O2. The zero-order chi connectivity index (χ0) is 27.2. The number of anilines is 1. The topological polar surface area (TPSA) is 86.4 Å². The minimum atomic E-state index is -4.34. The average molecular weight is 531 g/mol. The number of pyridine rings is 1. The Balaban J connectivity index is 1.37. The monoisotopic (exact) mass is 530 g/mol. The average Bonchev–Trinajstić information content (AvgIpc) is 3.48. The molecule has 0 saturated carbocycles. The number of nitrogens with zero attached hydrogens (tertiary/aromatic N) is 4. The van der Waals surface area contributed by atoms with Gasteiger partial charge in [-0.2, -0.15) is 18.3 Å². The highest BCUT2D eigenvalue weighted by Crippen LogP contribution is 2.41. The first-order valence-corrected chi connectivity index (χ1v) is 12.9. The lowest BCUT2D eigenvalue weighted by molar-refractivity contribution is -0.155. The van der Waals surface area contributed by atoms with Crippen molar-refractivity contribution in [1.29, 1.82) is 0 Å². The normalized spacial score (nSPS) is 22.5. The number of likely N-dealkylation sites (tertiary alicyclic amines) is 1. The van der Waals surface area contributed by atoms with Gasteiger partial charge in [0.25, 0.3) is 0 Å². The third kappa shape index (κ3) is 5.57. The van der Waals surface area contributed by atoms with Gasteiger partial charge in [-0.25, -0.2) is 4.79 Å². The van der Waals surface area contributed by atoms with Crippen molar-refractivity contribution in [2.75, 3.05) is 25.0 Å². The molecule has 2 aliphatic heterocycles. The van der Waals surface area contributed by atoms with E-state index < -0.39 is 24.4 Å². The minimum Gasteiger partial charge on any atom is -0.444 e. The lowest BCUT2D eigenvalue weighted by atomic mass is 9.85. The molecule has 0 bridgehead atoms. The molecule has 3 aromatic rings. The molecular weight excluding hydrogens is 497 g/mol. The highest BCUT2D eigenvalue weighted by atomic mass is 19.4. The van der Waals surface area contributed by atoms with E-state index >= 15 is 0 Å². The van der Waals surface area contributed by atoms with Crippen molar-refractivity contribution < 1.29 is 22.7 Å². The predicted octanol–water partition coefficient (Wildman–Crippen LogP) is 5.28. The number of rotatable bonds is 4. The number of alkyl halides is 3. The van der Waals surface area contributed by atoms with E-state index in [-0.39, 0.29) is 18.2 Å². The highest BCUT2D eigenvalue weighted by molar-refractivity contribution is 5.83. The molecule has 1 amide bonds. The summed E-state index contributed by atoms with van der Waals surface area (Å²) in [6.45, 7) is 7.40. The number of benzene rings is 1. The molecule has 38 heavy (non-hydrogen) atoms. The molecule has 2 N–H and O–H groups in total. The maximum absolute atomic E-state index is 13.6. The summed E-state index contributed by atoms with van der Waals surface area (Å²) in [5, 5.41) is 11.4. The molecule has 4 heterocycles. The van der Waals surface area contributed by atoms with E-state index in [0.717, 1.165) is 34.1 Å².